The third-order valence-electron chi connectivity index (χ3n) is 2.52. The molecule has 5 nitrogen and oxygen atoms in total. The standard InChI is InChI=1S/C14H18ClNO4/c1-19-12-9-10(8-11(15)14(12)20-2)4-5-13(18)16-6-3-7-17/h4-5,8-9,17H,3,6-7H2,1-2H3,(H,16,18)/b5-4+. The largest absolute Gasteiger partial charge is 0.493 e. The summed E-state index contributed by atoms with van der Waals surface area (Å²) in [5.74, 6) is 0.725. The molecule has 1 rings (SSSR count). The number of benzene rings is 1. The zero-order valence-corrected chi connectivity index (χ0v) is 12.2. The summed E-state index contributed by atoms with van der Waals surface area (Å²) in [4.78, 5) is 11.5. The number of halogens is 1. The molecule has 0 atom stereocenters. The molecule has 0 radical (unpaired) electrons. The molecule has 1 amide bonds. The Bertz CT molecular complexity index is 488. The van der Waals surface area contributed by atoms with E-state index in [-0.39, 0.29) is 12.5 Å². The van der Waals surface area contributed by atoms with Gasteiger partial charge in [0.25, 0.3) is 0 Å². The number of hydrogen-bond acceptors (Lipinski definition) is 4. The first-order valence-corrected chi connectivity index (χ1v) is 6.48. The number of rotatable bonds is 7. The summed E-state index contributed by atoms with van der Waals surface area (Å²) in [6.07, 6.45) is 3.55. The molecule has 0 heterocycles. The lowest BCUT2D eigenvalue weighted by molar-refractivity contribution is -0.116. The van der Waals surface area contributed by atoms with Crippen LogP contribution in [0.5, 0.6) is 11.5 Å². The average Bonchev–Trinajstić information content (AvgIpc) is 2.44. The van der Waals surface area contributed by atoms with Crippen molar-refractivity contribution in [1.29, 1.82) is 0 Å². The molecule has 6 heteroatoms. The van der Waals surface area contributed by atoms with E-state index < -0.39 is 0 Å². The van der Waals surface area contributed by atoms with E-state index in [1.54, 1.807) is 18.2 Å². The summed E-state index contributed by atoms with van der Waals surface area (Å²) in [7, 11) is 3.02. The summed E-state index contributed by atoms with van der Waals surface area (Å²) in [5, 5.41) is 11.7. The third-order valence-corrected chi connectivity index (χ3v) is 2.80. The van der Waals surface area contributed by atoms with Crippen LogP contribution in [0.3, 0.4) is 0 Å². The van der Waals surface area contributed by atoms with Crippen LogP contribution in [0.2, 0.25) is 5.02 Å². The summed E-state index contributed by atoms with van der Waals surface area (Å²) >= 11 is 6.06. The Morgan fingerprint density at radius 2 is 2.15 bits per heavy atom. The number of hydrogen-bond donors (Lipinski definition) is 2. The van der Waals surface area contributed by atoms with Crippen molar-refractivity contribution in [2.75, 3.05) is 27.4 Å². The Kier molecular flexibility index (Phi) is 6.90. The molecule has 0 aliphatic heterocycles. The van der Waals surface area contributed by atoms with Crippen LogP contribution in [0.4, 0.5) is 0 Å². The van der Waals surface area contributed by atoms with Crippen LogP contribution >= 0.6 is 11.6 Å². The van der Waals surface area contributed by atoms with Gasteiger partial charge in [0, 0.05) is 19.2 Å². The van der Waals surface area contributed by atoms with E-state index in [4.69, 9.17) is 26.2 Å². The van der Waals surface area contributed by atoms with Crippen LogP contribution in [0, 0.1) is 0 Å². The number of carbonyl (C=O) groups is 1. The van der Waals surface area contributed by atoms with Gasteiger partial charge >= 0.3 is 0 Å². The second-order valence-electron chi connectivity index (χ2n) is 3.94. The minimum absolute atomic E-state index is 0.0509. The van der Waals surface area contributed by atoms with Crippen molar-refractivity contribution in [2.24, 2.45) is 0 Å². The highest BCUT2D eigenvalue weighted by molar-refractivity contribution is 6.32. The van der Waals surface area contributed by atoms with Crippen molar-refractivity contribution < 1.29 is 19.4 Å². The molecule has 0 saturated carbocycles. The van der Waals surface area contributed by atoms with Crippen LogP contribution in [0.1, 0.15) is 12.0 Å². The molecule has 20 heavy (non-hydrogen) atoms. The van der Waals surface area contributed by atoms with E-state index >= 15 is 0 Å². The molecule has 0 bridgehead atoms. The molecule has 110 valence electrons. The molecule has 0 spiro atoms. The number of carbonyl (C=O) groups excluding carboxylic acids is 1. The highest BCUT2D eigenvalue weighted by Gasteiger charge is 2.09. The normalized spacial score (nSPS) is 10.6. The first-order valence-electron chi connectivity index (χ1n) is 6.10. The third kappa shape index (κ3) is 4.75. The van der Waals surface area contributed by atoms with Crippen molar-refractivity contribution in [3.8, 4) is 11.5 Å². The quantitative estimate of drug-likeness (QED) is 0.596. The highest BCUT2D eigenvalue weighted by atomic mass is 35.5. The number of methoxy groups -OCH3 is 2. The summed E-state index contributed by atoms with van der Waals surface area (Å²) in [6.45, 7) is 0.488. The predicted octanol–water partition coefficient (Wildman–Crippen LogP) is 1.87. The molecule has 0 aliphatic carbocycles. The maximum absolute atomic E-state index is 11.5. The minimum Gasteiger partial charge on any atom is -0.493 e. The van der Waals surface area contributed by atoms with Crippen molar-refractivity contribution >= 4 is 23.6 Å². The molecule has 0 fully saturated rings. The monoisotopic (exact) mass is 299 g/mol. The Morgan fingerprint density at radius 1 is 1.40 bits per heavy atom. The van der Waals surface area contributed by atoms with Crippen LogP contribution in [-0.4, -0.2) is 38.4 Å². The van der Waals surface area contributed by atoms with Gasteiger partial charge in [0.15, 0.2) is 11.5 Å². The molecule has 0 aromatic heterocycles. The fourth-order valence-corrected chi connectivity index (χ4v) is 1.85. The molecule has 1 aromatic rings. The maximum Gasteiger partial charge on any atom is 0.244 e. The molecular formula is C14H18ClNO4. The zero-order valence-electron chi connectivity index (χ0n) is 11.5. The van der Waals surface area contributed by atoms with Gasteiger partial charge in [-0.1, -0.05) is 11.6 Å². The fraction of sp³-hybridized carbons (Fsp3) is 0.357. The van der Waals surface area contributed by atoms with E-state index in [9.17, 15) is 4.79 Å². The molecule has 0 unspecified atom stereocenters. The fourth-order valence-electron chi connectivity index (χ4n) is 1.56. The van der Waals surface area contributed by atoms with Crippen LogP contribution in [0.15, 0.2) is 18.2 Å². The second kappa shape index (κ2) is 8.45. The van der Waals surface area contributed by atoms with Crippen molar-refractivity contribution in [1.82, 2.24) is 5.32 Å². The maximum atomic E-state index is 11.5. The van der Waals surface area contributed by atoms with Crippen molar-refractivity contribution in [2.45, 2.75) is 6.42 Å². The first-order chi connectivity index (χ1) is 9.62. The molecular weight excluding hydrogens is 282 g/mol. The average molecular weight is 300 g/mol. The molecule has 1 aromatic carbocycles. The lowest BCUT2D eigenvalue weighted by atomic mass is 10.2. The van der Waals surface area contributed by atoms with Crippen LogP contribution in [0.25, 0.3) is 6.08 Å². The molecule has 2 N–H and O–H groups in total. The van der Waals surface area contributed by atoms with Gasteiger partial charge in [0.05, 0.1) is 19.2 Å². The number of ether oxygens (including phenoxy) is 2. The Morgan fingerprint density at radius 3 is 2.75 bits per heavy atom. The van der Waals surface area contributed by atoms with E-state index in [0.717, 1.165) is 5.56 Å². The van der Waals surface area contributed by atoms with Gasteiger partial charge in [-0.3, -0.25) is 4.79 Å². The van der Waals surface area contributed by atoms with E-state index in [2.05, 4.69) is 5.32 Å². The summed E-state index contributed by atoms with van der Waals surface area (Å²) in [5.41, 5.74) is 0.727. The van der Waals surface area contributed by atoms with E-state index in [1.165, 1.54) is 20.3 Å². The van der Waals surface area contributed by atoms with E-state index in [1.807, 2.05) is 0 Å². The second-order valence-corrected chi connectivity index (χ2v) is 4.35. The van der Waals surface area contributed by atoms with Gasteiger partial charge in [-0.2, -0.15) is 0 Å². The van der Waals surface area contributed by atoms with Crippen LogP contribution < -0.4 is 14.8 Å². The minimum atomic E-state index is -0.232. The molecule has 0 saturated heterocycles. The van der Waals surface area contributed by atoms with Gasteiger partial charge in [-0.25, -0.2) is 0 Å². The first kappa shape index (κ1) is 16.3. The van der Waals surface area contributed by atoms with Gasteiger partial charge in [-0.15, -0.1) is 0 Å². The zero-order chi connectivity index (χ0) is 15.0. The number of amides is 1. The summed E-state index contributed by atoms with van der Waals surface area (Å²) < 4.78 is 10.3. The van der Waals surface area contributed by atoms with Gasteiger partial charge in [0.2, 0.25) is 5.91 Å². The predicted molar refractivity (Wildman–Crippen MR) is 78.3 cm³/mol. The SMILES string of the molecule is COc1cc(/C=C/C(=O)NCCCO)cc(Cl)c1OC. The van der Waals surface area contributed by atoms with Gasteiger partial charge < -0.3 is 19.9 Å². The number of aliphatic hydroxyl groups is 1. The lowest BCUT2D eigenvalue weighted by Gasteiger charge is -2.10. The smallest absolute Gasteiger partial charge is 0.244 e. The number of nitrogens with one attached hydrogen (secondary N) is 1. The summed E-state index contributed by atoms with van der Waals surface area (Å²) in [6, 6.07) is 3.41. The topological polar surface area (TPSA) is 67.8 Å². The van der Waals surface area contributed by atoms with Crippen molar-refractivity contribution in [3.63, 3.8) is 0 Å². The van der Waals surface area contributed by atoms with Crippen LogP contribution in [-0.2, 0) is 4.79 Å². The Labute approximate surface area is 123 Å². The van der Waals surface area contributed by atoms with Gasteiger partial charge in [0.1, 0.15) is 0 Å². The Hall–Kier alpha value is -1.72. The highest BCUT2D eigenvalue weighted by Crippen LogP contribution is 2.36. The van der Waals surface area contributed by atoms with Gasteiger partial charge in [-0.05, 0) is 30.2 Å². The lowest BCUT2D eigenvalue weighted by Crippen LogP contribution is -2.22. The Balaban J connectivity index is 2.77. The number of aliphatic hydroxyl groups excluding tert-OH is 1. The van der Waals surface area contributed by atoms with E-state index in [0.29, 0.717) is 29.5 Å². The van der Waals surface area contributed by atoms with Crippen molar-refractivity contribution in [3.05, 3.63) is 28.8 Å². The molecule has 0 aliphatic rings.